The van der Waals surface area contributed by atoms with Gasteiger partial charge in [0.2, 0.25) is 5.95 Å². The van der Waals surface area contributed by atoms with Gasteiger partial charge in [-0.3, -0.25) is 10.1 Å². The standard InChI is InChI=1S/C16H16N4O3/c1-4-19-14-8-11(3)10(2)7-13(14)18-16(19)17-9-12-5-6-15(23-12)20(21)22/h5-9H,4H2,1-3H3/b17-9+. The van der Waals surface area contributed by atoms with Gasteiger partial charge < -0.3 is 8.98 Å². The van der Waals surface area contributed by atoms with E-state index >= 15 is 0 Å². The molecule has 7 heteroatoms. The van der Waals surface area contributed by atoms with Crippen LogP contribution in [0.15, 0.2) is 33.7 Å². The van der Waals surface area contributed by atoms with Crippen LogP contribution in [-0.2, 0) is 6.54 Å². The fourth-order valence-electron chi connectivity index (χ4n) is 2.41. The summed E-state index contributed by atoms with van der Waals surface area (Å²) in [4.78, 5) is 18.9. The van der Waals surface area contributed by atoms with Crippen LogP contribution < -0.4 is 0 Å². The summed E-state index contributed by atoms with van der Waals surface area (Å²) in [6.45, 7) is 6.86. The third-order valence-electron chi connectivity index (χ3n) is 3.76. The summed E-state index contributed by atoms with van der Waals surface area (Å²) in [5, 5.41) is 10.6. The van der Waals surface area contributed by atoms with Crippen LogP contribution in [0.4, 0.5) is 11.8 Å². The first-order valence-corrected chi connectivity index (χ1v) is 7.25. The second kappa shape index (κ2) is 5.68. The van der Waals surface area contributed by atoms with Crippen molar-refractivity contribution in [3.05, 3.63) is 51.3 Å². The molecule has 0 aliphatic rings. The van der Waals surface area contributed by atoms with Crippen LogP contribution in [0.5, 0.6) is 0 Å². The zero-order valence-electron chi connectivity index (χ0n) is 13.1. The van der Waals surface area contributed by atoms with Crippen molar-refractivity contribution in [3.8, 4) is 0 Å². The lowest BCUT2D eigenvalue weighted by atomic mass is 10.1. The number of fused-ring (bicyclic) bond motifs is 1. The highest BCUT2D eigenvalue weighted by molar-refractivity contribution is 5.83. The normalized spacial score (nSPS) is 11.6. The van der Waals surface area contributed by atoms with Crippen LogP contribution >= 0.6 is 0 Å². The van der Waals surface area contributed by atoms with Gasteiger partial charge >= 0.3 is 5.88 Å². The fraction of sp³-hybridized carbons (Fsp3) is 0.250. The number of aryl methyl sites for hydroxylation is 3. The van der Waals surface area contributed by atoms with Crippen LogP contribution in [0.2, 0.25) is 0 Å². The first-order chi connectivity index (χ1) is 11.0. The van der Waals surface area contributed by atoms with E-state index in [2.05, 4.69) is 23.0 Å². The third kappa shape index (κ3) is 2.73. The molecule has 7 nitrogen and oxygen atoms in total. The molecule has 0 saturated heterocycles. The molecule has 2 aromatic heterocycles. The van der Waals surface area contributed by atoms with Crippen LogP contribution in [-0.4, -0.2) is 20.7 Å². The number of furan rings is 1. The minimum Gasteiger partial charge on any atom is -0.400 e. The molecule has 2 heterocycles. The first-order valence-electron chi connectivity index (χ1n) is 7.25. The highest BCUT2D eigenvalue weighted by Crippen LogP contribution is 2.25. The van der Waals surface area contributed by atoms with Crippen LogP contribution in [0.3, 0.4) is 0 Å². The molecule has 0 saturated carbocycles. The van der Waals surface area contributed by atoms with E-state index in [9.17, 15) is 10.1 Å². The van der Waals surface area contributed by atoms with Crippen molar-refractivity contribution < 1.29 is 9.34 Å². The monoisotopic (exact) mass is 312 g/mol. The van der Waals surface area contributed by atoms with Gasteiger partial charge in [-0.15, -0.1) is 0 Å². The molecule has 3 aromatic rings. The van der Waals surface area contributed by atoms with E-state index in [1.807, 2.05) is 24.5 Å². The SMILES string of the molecule is CCn1c(/N=C/c2ccc([N+](=O)[O-])o2)nc2cc(C)c(C)cc21. The average molecular weight is 312 g/mol. The lowest BCUT2D eigenvalue weighted by molar-refractivity contribution is -0.402. The first kappa shape index (κ1) is 15.0. The van der Waals surface area contributed by atoms with Gasteiger partial charge in [0, 0.05) is 6.54 Å². The van der Waals surface area contributed by atoms with Gasteiger partial charge in [-0.1, -0.05) is 0 Å². The summed E-state index contributed by atoms with van der Waals surface area (Å²) in [6.07, 6.45) is 1.44. The molecule has 23 heavy (non-hydrogen) atoms. The van der Waals surface area contributed by atoms with E-state index in [0.717, 1.165) is 17.6 Å². The molecule has 0 fully saturated rings. The van der Waals surface area contributed by atoms with Gasteiger partial charge in [0.05, 0.1) is 23.3 Å². The molecule has 0 atom stereocenters. The Morgan fingerprint density at radius 2 is 2.09 bits per heavy atom. The lowest BCUT2D eigenvalue weighted by Gasteiger charge is -2.03. The second-order valence-electron chi connectivity index (χ2n) is 5.27. The van der Waals surface area contributed by atoms with E-state index < -0.39 is 4.92 Å². The molecule has 0 radical (unpaired) electrons. The van der Waals surface area contributed by atoms with Crippen molar-refractivity contribution in [2.75, 3.05) is 0 Å². The highest BCUT2D eigenvalue weighted by atomic mass is 16.6. The van der Waals surface area contributed by atoms with Crippen molar-refractivity contribution in [1.29, 1.82) is 0 Å². The zero-order chi connectivity index (χ0) is 16.6. The van der Waals surface area contributed by atoms with Crippen LogP contribution in [0.1, 0.15) is 23.8 Å². The Kier molecular flexibility index (Phi) is 3.69. The molecule has 0 spiro atoms. The molecule has 0 amide bonds. The van der Waals surface area contributed by atoms with Gasteiger partial charge in [0.15, 0.2) is 5.76 Å². The predicted molar refractivity (Wildman–Crippen MR) is 87.5 cm³/mol. The fourth-order valence-corrected chi connectivity index (χ4v) is 2.41. The quantitative estimate of drug-likeness (QED) is 0.415. The summed E-state index contributed by atoms with van der Waals surface area (Å²) in [6, 6.07) is 6.94. The number of hydrogen-bond acceptors (Lipinski definition) is 5. The van der Waals surface area contributed by atoms with Crippen molar-refractivity contribution >= 4 is 29.1 Å². The van der Waals surface area contributed by atoms with Crippen molar-refractivity contribution in [1.82, 2.24) is 9.55 Å². The van der Waals surface area contributed by atoms with E-state index in [1.54, 1.807) is 0 Å². The molecular formula is C16H16N4O3. The maximum atomic E-state index is 10.6. The maximum absolute atomic E-state index is 10.6. The lowest BCUT2D eigenvalue weighted by Crippen LogP contribution is -1.94. The Hall–Kier alpha value is -2.96. The molecule has 0 N–H and O–H groups in total. The molecule has 118 valence electrons. The van der Waals surface area contributed by atoms with E-state index in [4.69, 9.17) is 4.42 Å². The number of aromatic nitrogens is 2. The number of aliphatic imine (C=N–C) groups is 1. The number of nitro groups is 1. The summed E-state index contributed by atoms with van der Waals surface area (Å²) < 4.78 is 7.06. The van der Waals surface area contributed by atoms with E-state index in [-0.39, 0.29) is 5.88 Å². The van der Waals surface area contributed by atoms with Crippen molar-refractivity contribution in [2.24, 2.45) is 4.99 Å². The van der Waals surface area contributed by atoms with Crippen molar-refractivity contribution in [3.63, 3.8) is 0 Å². The number of nitrogens with zero attached hydrogens (tertiary/aromatic N) is 4. The number of benzene rings is 1. The summed E-state index contributed by atoms with van der Waals surface area (Å²) >= 11 is 0. The Balaban J connectivity index is 2.01. The van der Waals surface area contributed by atoms with Gasteiger partial charge in [0.25, 0.3) is 0 Å². The molecule has 1 aromatic carbocycles. The minimum absolute atomic E-state index is 0.304. The van der Waals surface area contributed by atoms with Crippen LogP contribution in [0.25, 0.3) is 11.0 Å². The van der Waals surface area contributed by atoms with Gasteiger partial charge in [0.1, 0.15) is 4.92 Å². The Morgan fingerprint density at radius 1 is 1.35 bits per heavy atom. The van der Waals surface area contributed by atoms with Gasteiger partial charge in [-0.05, 0) is 50.1 Å². The molecule has 0 bridgehead atoms. The molecular weight excluding hydrogens is 296 g/mol. The summed E-state index contributed by atoms with van der Waals surface area (Å²) in [5.41, 5.74) is 4.28. The van der Waals surface area contributed by atoms with Gasteiger partial charge in [-0.25, -0.2) is 9.98 Å². The smallest absolute Gasteiger partial charge is 0.400 e. The van der Waals surface area contributed by atoms with E-state index in [1.165, 1.54) is 29.5 Å². The Morgan fingerprint density at radius 3 is 2.74 bits per heavy atom. The maximum Gasteiger partial charge on any atom is 0.433 e. The highest BCUT2D eigenvalue weighted by Gasteiger charge is 2.12. The zero-order valence-corrected chi connectivity index (χ0v) is 13.1. The van der Waals surface area contributed by atoms with E-state index in [0.29, 0.717) is 11.7 Å². The van der Waals surface area contributed by atoms with Crippen molar-refractivity contribution in [2.45, 2.75) is 27.3 Å². The second-order valence-corrected chi connectivity index (χ2v) is 5.27. The molecule has 0 aliphatic carbocycles. The third-order valence-corrected chi connectivity index (χ3v) is 3.76. The Labute approximate surface area is 132 Å². The summed E-state index contributed by atoms with van der Waals surface area (Å²) in [5.74, 6) is 0.562. The molecule has 3 rings (SSSR count). The van der Waals surface area contributed by atoms with Gasteiger partial charge in [-0.2, -0.15) is 0 Å². The predicted octanol–water partition coefficient (Wildman–Crippen LogP) is 3.92. The number of imidazole rings is 1. The Bertz CT molecular complexity index is 921. The minimum atomic E-state index is -0.579. The number of rotatable bonds is 4. The average Bonchev–Trinajstić information content (AvgIpc) is 3.10. The number of hydrogen-bond donors (Lipinski definition) is 0. The summed E-state index contributed by atoms with van der Waals surface area (Å²) in [7, 11) is 0. The molecule has 0 aliphatic heterocycles. The van der Waals surface area contributed by atoms with Crippen LogP contribution in [0, 0.1) is 24.0 Å². The largest absolute Gasteiger partial charge is 0.433 e. The topological polar surface area (TPSA) is 86.5 Å². The molecule has 0 unspecified atom stereocenters.